The van der Waals surface area contributed by atoms with Gasteiger partial charge in [-0.05, 0) is 24.6 Å². The molecular formula is C16H18NO2. The summed E-state index contributed by atoms with van der Waals surface area (Å²) >= 11 is 0. The van der Waals surface area contributed by atoms with E-state index in [0.29, 0.717) is 6.54 Å². The van der Waals surface area contributed by atoms with Crippen molar-refractivity contribution in [1.29, 1.82) is 0 Å². The van der Waals surface area contributed by atoms with Gasteiger partial charge in [-0.3, -0.25) is 0 Å². The molecule has 99 valence electrons. The molecule has 0 aliphatic rings. The molecule has 1 radical (unpaired) electrons. The normalized spacial score (nSPS) is 10.1. The van der Waals surface area contributed by atoms with Crippen molar-refractivity contribution >= 4 is 5.69 Å². The van der Waals surface area contributed by atoms with E-state index in [2.05, 4.69) is 12.2 Å². The van der Waals surface area contributed by atoms with Crippen LogP contribution in [0.1, 0.15) is 11.1 Å². The number of hydrogen-bond acceptors (Lipinski definition) is 3. The monoisotopic (exact) mass is 256 g/mol. The van der Waals surface area contributed by atoms with E-state index in [1.54, 1.807) is 14.2 Å². The quantitative estimate of drug-likeness (QED) is 0.888. The lowest BCUT2D eigenvalue weighted by Gasteiger charge is -2.14. The van der Waals surface area contributed by atoms with Gasteiger partial charge in [0, 0.05) is 17.8 Å². The van der Waals surface area contributed by atoms with Gasteiger partial charge in [-0.2, -0.15) is 0 Å². The fourth-order valence-electron chi connectivity index (χ4n) is 1.98. The third kappa shape index (κ3) is 2.99. The number of para-hydroxylation sites is 2. The van der Waals surface area contributed by atoms with Crippen LogP contribution in [0.5, 0.6) is 11.5 Å². The number of nitrogens with one attached hydrogen (secondary N) is 1. The molecule has 3 heteroatoms. The minimum absolute atomic E-state index is 0.660. The van der Waals surface area contributed by atoms with Crippen LogP contribution in [0.3, 0.4) is 0 Å². The molecule has 0 fully saturated rings. The van der Waals surface area contributed by atoms with E-state index < -0.39 is 0 Å². The maximum Gasteiger partial charge on any atom is 0.165 e. The minimum atomic E-state index is 0.660. The van der Waals surface area contributed by atoms with Crippen LogP contribution in [0, 0.1) is 6.92 Å². The first-order valence-electron chi connectivity index (χ1n) is 6.11. The number of methoxy groups -OCH3 is 2. The Balaban J connectivity index is 2.18. The number of hydrogen-bond donors (Lipinski definition) is 1. The highest BCUT2D eigenvalue weighted by atomic mass is 16.5. The van der Waals surface area contributed by atoms with Gasteiger partial charge < -0.3 is 14.8 Å². The molecule has 2 aromatic rings. The number of ether oxygens (including phenoxy) is 2. The number of anilines is 1. The predicted octanol–water partition coefficient (Wildman–Crippen LogP) is 3.50. The van der Waals surface area contributed by atoms with Crippen molar-refractivity contribution in [3.05, 3.63) is 60.5 Å². The molecule has 0 bridgehead atoms. The number of rotatable bonds is 5. The van der Waals surface area contributed by atoms with Crippen LogP contribution in [0.2, 0.25) is 0 Å². The van der Waals surface area contributed by atoms with E-state index in [-0.39, 0.29) is 0 Å². The van der Waals surface area contributed by atoms with Crippen molar-refractivity contribution in [2.75, 3.05) is 19.5 Å². The molecule has 19 heavy (non-hydrogen) atoms. The Labute approximate surface area is 114 Å². The summed E-state index contributed by atoms with van der Waals surface area (Å²) in [6.45, 7) is 4.65. The van der Waals surface area contributed by atoms with E-state index in [4.69, 9.17) is 9.47 Å². The van der Waals surface area contributed by atoms with Crippen molar-refractivity contribution in [1.82, 2.24) is 0 Å². The van der Waals surface area contributed by atoms with Crippen molar-refractivity contribution in [2.45, 2.75) is 6.54 Å². The van der Waals surface area contributed by atoms with Crippen LogP contribution < -0.4 is 14.8 Å². The first kappa shape index (κ1) is 13.3. The largest absolute Gasteiger partial charge is 0.493 e. The Morgan fingerprint density at radius 1 is 1.00 bits per heavy atom. The van der Waals surface area contributed by atoms with Gasteiger partial charge in [0.2, 0.25) is 0 Å². The van der Waals surface area contributed by atoms with Gasteiger partial charge in [-0.25, -0.2) is 0 Å². The summed E-state index contributed by atoms with van der Waals surface area (Å²) in [5.41, 5.74) is 3.04. The Morgan fingerprint density at radius 2 is 1.79 bits per heavy atom. The SMILES string of the molecule is [CH2]c1ccccc1NCc1cccc(OC)c1OC. The van der Waals surface area contributed by atoms with Crippen LogP contribution in [0.15, 0.2) is 42.5 Å². The zero-order valence-corrected chi connectivity index (χ0v) is 11.3. The number of benzene rings is 2. The molecule has 2 aromatic carbocycles. The van der Waals surface area contributed by atoms with E-state index in [1.807, 2.05) is 42.5 Å². The van der Waals surface area contributed by atoms with Gasteiger partial charge in [-0.15, -0.1) is 0 Å². The van der Waals surface area contributed by atoms with Gasteiger partial charge in [0.1, 0.15) is 0 Å². The highest BCUT2D eigenvalue weighted by Crippen LogP contribution is 2.31. The Bertz CT molecular complexity index is 552. The molecule has 0 aromatic heterocycles. The summed E-state index contributed by atoms with van der Waals surface area (Å²) in [4.78, 5) is 0. The molecule has 1 N–H and O–H groups in total. The zero-order chi connectivity index (χ0) is 13.7. The zero-order valence-electron chi connectivity index (χ0n) is 11.3. The molecule has 0 aliphatic heterocycles. The third-order valence-corrected chi connectivity index (χ3v) is 2.97. The Morgan fingerprint density at radius 3 is 2.47 bits per heavy atom. The van der Waals surface area contributed by atoms with Crippen molar-refractivity contribution in [2.24, 2.45) is 0 Å². The second kappa shape index (κ2) is 6.14. The lowest BCUT2D eigenvalue weighted by atomic mass is 10.1. The first-order chi connectivity index (χ1) is 9.26. The van der Waals surface area contributed by atoms with Crippen LogP contribution in [-0.4, -0.2) is 14.2 Å². The minimum Gasteiger partial charge on any atom is -0.493 e. The predicted molar refractivity (Wildman–Crippen MR) is 77.8 cm³/mol. The van der Waals surface area contributed by atoms with Crippen molar-refractivity contribution < 1.29 is 9.47 Å². The average molecular weight is 256 g/mol. The third-order valence-electron chi connectivity index (χ3n) is 2.97. The summed E-state index contributed by atoms with van der Waals surface area (Å²) in [6, 6.07) is 13.8. The molecule has 2 rings (SSSR count). The molecular weight excluding hydrogens is 238 g/mol. The molecule has 0 saturated heterocycles. The second-order valence-corrected chi connectivity index (χ2v) is 4.16. The Hall–Kier alpha value is -2.16. The van der Waals surface area contributed by atoms with Crippen LogP contribution in [0.4, 0.5) is 5.69 Å². The molecule has 0 unspecified atom stereocenters. The average Bonchev–Trinajstić information content (AvgIpc) is 2.45. The summed E-state index contributed by atoms with van der Waals surface area (Å²) in [7, 11) is 3.29. The van der Waals surface area contributed by atoms with Crippen LogP contribution >= 0.6 is 0 Å². The van der Waals surface area contributed by atoms with Gasteiger partial charge in [0.15, 0.2) is 11.5 Å². The van der Waals surface area contributed by atoms with E-state index >= 15 is 0 Å². The molecule has 0 aliphatic carbocycles. The molecule has 0 heterocycles. The topological polar surface area (TPSA) is 30.5 Å². The van der Waals surface area contributed by atoms with Gasteiger partial charge >= 0.3 is 0 Å². The van der Waals surface area contributed by atoms with Gasteiger partial charge in [0.25, 0.3) is 0 Å². The van der Waals surface area contributed by atoms with E-state index in [1.165, 1.54) is 0 Å². The Kier molecular flexibility index (Phi) is 4.29. The highest BCUT2D eigenvalue weighted by Gasteiger charge is 2.09. The lowest BCUT2D eigenvalue weighted by Crippen LogP contribution is -2.03. The molecule has 0 atom stereocenters. The lowest BCUT2D eigenvalue weighted by molar-refractivity contribution is 0.352. The van der Waals surface area contributed by atoms with Crippen LogP contribution in [-0.2, 0) is 6.54 Å². The molecule has 0 spiro atoms. The van der Waals surface area contributed by atoms with Crippen molar-refractivity contribution in [3.8, 4) is 11.5 Å². The van der Waals surface area contributed by atoms with E-state index in [0.717, 1.165) is 28.3 Å². The maximum atomic E-state index is 5.41. The first-order valence-corrected chi connectivity index (χ1v) is 6.11. The fourth-order valence-corrected chi connectivity index (χ4v) is 1.98. The fraction of sp³-hybridized carbons (Fsp3) is 0.188. The standard InChI is InChI=1S/C16H18NO2/c1-12-7-4-5-9-14(12)17-11-13-8-6-10-15(18-2)16(13)19-3/h4-10,17H,1,11H2,2-3H3. The maximum absolute atomic E-state index is 5.41. The summed E-state index contributed by atoms with van der Waals surface area (Å²) in [5, 5.41) is 3.36. The summed E-state index contributed by atoms with van der Waals surface area (Å²) in [6.07, 6.45) is 0. The van der Waals surface area contributed by atoms with Gasteiger partial charge in [-0.1, -0.05) is 30.3 Å². The molecule has 0 amide bonds. The smallest absolute Gasteiger partial charge is 0.165 e. The molecule has 3 nitrogen and oxygen atoms in total. The molecule has 0 saturated carbocycles. The highest BCUT2D eigenvalue weighted by molar-refractivity contribution is 5.54. The summed E-state index contributed by atoms with van der Waals surface area (Å²) < 4.78 is 10.7. The van der Waals surface area contributed by atoms with E-state index in [9.17, 15) is 0 Å². The summed E-state index contributed by atoms with van der Waals surface area (Å²) in [5.74, 6) is 1.50. The van der Waals surface area contributed by atoms with Gasteiger partial charge in [0.05, 0.1) is 14.2 Å². The van der Waals surface area contributed by atoms with Crippen LogP contribution in [0.25, 0.3) is 0 Å². The van der Waals surface area contributed by atoms with Crippen molar-refractivity contribution in [3.63, 3.8) is 0 Å². The second-order valence-electron chi connectivity index (χ2n) is 4.16.